The van der Waals surface area contributed by atoms with Crippen molar-refractivity contribution >= 4 is 11.9 Å². The Hall–Kier alpha value is -1.06. The third-order valence-corrected chi connectivity index (χ3v) is 1.51. The molecule has 1 fully saturated rings. The van der Waals surface area contributed by atoms with Crippen molar-refractivity contribution in [3.8, 4) is 0 Å². The molecule has 1 saturated heterocycles. The summed E-state index contributed by atoms with van der Waals surface area (Å²) in [5.41, 5.74) is 0. The first-order chi connectivity index (χ1) is 4.61. The summed E-state index contributed by atoms with van der Waals surface area (Å²) in [6.07, 6.45) is -0.704. The van der Waals surface area contributed by atoms with Gasteiger partial charge < -0.3 is 9.84 Å². The molecule has 0 aromatic rings. The van der Waals surface area contributed by atoms with E-state index in [1.165, 1.54) is 0 Å². The molecular formula is C6H8O4. The predicted molar refractivity (Wildman–Crippen MR) is 31.3 cm³/mol. The highest BCUT2D eigenvalue weighted by atomic mass is 16.6. The summed E-state index contributed by atoms with van der Waals surface area (Å²) in [7, 11) is 0. The fourth-order valence-corrected chi connectivity index (χ4v) is 0.970. The highest BCUT2D eigenvalue weighted by molar-refractivity contribution is 5.82. The first kappa shape index (κ1) is 7.05. The van der Waals surface area contributed by atoms with Gasteiger partial charge in [-0.05, 0) is 0 Å². The van der Waals surface area contributed by atoms with Crippen LogP contribution >= 0.6 is 0 Å². The minimum absolute atomic E-state index is 0.190. The highest BCUT2D eigenvalue weighted by Crippen LogP contribution is 2.20. The van der Waals surface area contributed by atoms with Crippen molar-refractivity contribution in [3.63, 3.8) is 0 Å². The molecule has 0 aromatic carbocycles. The van der Waals surface area contributed by atoms with E-state index in [1.54, 1.807) is 6.92 Å². The summed E-state index contributed by atoms with van der Waals surface area (Å²) >= 11 is 0. The zero-order valence-corrected chi connectivity index (χ0v) is 5.53. The number of hydrogen-bond donors (Lipinski definition) is 1. The number of carboxylic acids is 1. The number of ether oxygens (including phenoxy) is 1. The molecule has 4 heteroatoms. The van der Waals surface area contributed by atoms with E-state index in [4.69, 9.17) is 5.11 Å². The van der Waals surface area contributed by atoms with E-state index < -0.39 is 18.0 Å². The first-order valence-electron chi connectivity index (χ1n) is 3.03. The summed E-state index contributed by atoms with van der Waals surface area (Å²) in [5, 5.41) is 8.42. The van der Waals surface area contributed by atoms with Crippen molar-refractivity contribution in [2.45, 2.75) is 19.4 Å². The third-order valence-electron chi connectivity index (χ3n) is 1.51. The number of hydrogen-bond acceptors (Lipinski definition) is 3. The number of carbonyl (C=O) groups excluding carboxylic acids is 1. The maximum Gasteiger partial charge on any atom is 0.345 e. The maximum absolute atomic E-state index is 10.5. The average Bonchev–Trinajstić information content (AvgIpc) is 2.10. The molecule has 0 spiro atoms. The van der Waals surface area contributed by atoms with Crippen LogP contribution in [0.3, 0.4) is 0 Å². The molecule has 1 rings (SSSR count). The van der Waals surface area contributed by atoms with Crippen LogP contribution in [-0.4, -0.2) is 23.1 Å². The van der Waals surface area contributed by atoms with Crippen LogP contribution in [0.4, 0.5) is 0 Å². The summed E-state index contributed by atoms with van der Waals surface area (Å²) in [4.78, 5) is 20.8. The molecule has 2 atom stereocenters. The molecule has 0 aliphatic carbocycles. The van der Waals surface area contributed by atoms with Crippen LogP contribution in [-0.2, 0) is 14.3 Å². The number of cyclic esters (lactones) is 1. The molecule has 1 aliphatic rings. The Balaban J connectivity index is 2.63. The molecule has 0 amide bonds. The second-order valence-electron chi connectivity index (χ2n) is 2.43. The van der Waals surface area contributed by atoms with Crippen molar-refractivity contribution in [3.05, 3.63) is 0 Å². The SMILES string of the molecule is CC1CC(=O)OC1C(=O)O. The molecule has 1 heterocycles. The molecule has 0 saturated carbocycles. The molecule has 56 valence electrons. The highest BCUT2D eigenvalue weighted by Gasteiger charge is 2.36. The molecule has 0 bridgehead atoms. The van der Waals surface area contributed by atoms with Crippen LogP contribution in [0, 0.1) is 5.92 Å². The zero-order valence-electron chi connectivity index (χ0n) is 5.53. The third kappa shape index (κ3) is 1.10. The van der Waals surface area contributed by atoms with E-state index in [9.17, 15) is 9.59 Å². The summed E-state index contributed by atoms with van der Waals surface area (Å²) < 4.78 is 4.50. The Morgan fingerprint density at radius 2 is 2.40 bits per heavy atom. The first-order valence-corrected chi connectivity index (χ1v) is 3.03. The zero-order chi connectivity index (χ0) is 7.72. The van der Waals surface area contributed by atoms with Crippen molar-refractivity contribution < 1.29 is 19.4 Å². The number of esters is 1. The van der Waals surface area contributed by atoms with Gasteiger partial charge in [-0.2, -0.15) is 0 Å². The van der Waals surface area contributed by atoms with E-state index in [2.05, 4.69) is 4.74 Å². The van der Waals surface area contributed by atoms with Crippen LogP contribution in [0.1, 0.15) is 13.3 Å². The van der Waals surface area contributed by atoms with Gasteiger partial charge in [0.05, 0.1) is 6.42 Å². The lowest BCUT2D eigenvalue weighted by Crippen LogP contribution is -2.24. The van der Waals surface area contributed by atoms with Crippen molar-refractivity contribution in [2.75, 3.05) is 0 Å². The minimum Gasteiger partial charge on any atom is -0.478 e. The molecule has 2 unspecified atom stereocenters. The van der Waals surface area contributed by atoms with Gasteiger partial charge >= 0.3 is 11.9 Å². The molecule has 4 nitrogen and oxygen atoms in total. The second kappa shape index (κ2) is 2.28. The smallest absolute Gasteiger partial charge is 0.345 e. The van der Waals surface area contributed by atoms with Crippen LogP contribution < -0.4 is 0 Å². The Morgan fingerprint density at radius 3 is 2.60 bits per heavy atom. The summed E-state index contributed by atoms with van der Waals surface area (Å²) in [5.74, 6) is -1.66. The molecule has 0 aromatic heterocycles. The lowest BCUT2D eigenvalue weighted by Gasteiger charge is -2.05. The van der Waals surface area contributed by atoms with Crippen molar-refractivity contribution in [1.82, 2.24) is 0 Å². The normalized spacial score (nSPS) is 31.9. The Morgan fingerprint density at radius 1 is 1.80 bits per heavy atom. The quantitative estimate of drug-likeness (QED) is 0.527. The minimum atomic E-state index is -1.06. The van der Waals surface area contributed by atoms with Gasteiger partial charge in [0.1, 0.15) is 0 Å². The molecule has 0 radical (unpaired) electrons. The lowest BCUT2D eigenvalue weighted by molar-refractivity contribution is -0.157. The fourth-order valence-electron chi connectivity index (χ4n) is 0.970. The van der Waals surface area contributed by atoms with Crippen LogP contribution in [0.2, 0.25) is 0 Å². The van der Waals surface area contributed by atoms with Gasteiger partial charge in [-0.1, -0.05) is 6.92 Å². The summed E-state index contributed by atoms with van der Waals surface area (Å²) in [6, 6.07) is 0. The van der Waals surface area contributed by atoms with E-state index in [0.717, 1.165) is 0 Å². The van der Waals surface area contributed by atoms with E-state index >= 15 is 0 Å². The van der Waals surface area contributed by atoms with Gasteiger partial charge in [-0.15, -0.1) is 0 Å². The van der Waals surface area contributed by atoms with E-state index in [1.807, 2.05) is 0 Å². The largest absolute Gasteiger partial charge is 0.478 e. The topological polar surface area (TPSA) is 63.6 Å². The van der Waals surface area contributed by atoms with Gasteiger partial charge in [0.2, 0.25) is 6.10 Å². The molecule has 1 N–H and O–H groups in total. The van der Waals surface area contributed by atoms with Gasteiger partial charge in [0.15, 0.2) is 0 Å². The molecular weight excluding hydrogens is 136 g/mol. The number of carbonyl (C=O) groups is 2. The fraction of sp³-hybridized carbons (Fsp3) is 0.667. The van der Waals surface area contributed by atoms with Crippen LogP contribution in [0.25, 0.3) is 0 Å². The Kier molecular flexibility index (Phi) is 1.61. The van der Waals surface area contributed by atoms with Crippen molar-refractivity contribution in [1.29, 1.82) is 0 Å². The second-order valence-corrected chi connectivity index (χ2v) is 2.43. The number of aliphatic carboxylic acids is 1. The monoisotopic (exact) mass is 144 g/mol. The standard InChI is InChI=1S/C6H8O4/c1-3-2-4(7)10-5(3)6(8)9/h3,5H,2H2,1H3,(H,8,9). The van der Waals surface area contributed by atoms with Gasteiger partial charge in [-0.25, -0.2) is 4.79 Å². The molecule has 1 aliphatic heterocycles. The van der Waals surface area contributed by atoms with E-state index in [0.29, 0.717) is 0 Å². The van der Waals surface area contributed by atoms with Crippen LogP contribution in [0.15, 0.2) is 0 Å². The van der Waals surface area contributed by atoms with E-state index in [-0.39, 0.29) is 12.3 Å². The lowest BCUT2D eigenvalue weighted by atomic mass is 10.0. The van der Waals surface area contributed by atoms with Gasteiger partial charge in [0, 0.05) is 5.92 Å². The van der Waals surface area contributed by atoms with Gasteiger partial charge in [0.25, 0.3) is 0 Å². The molecule has 10 heavy (non-hydrogen) atoms. The van der Waals surface area contributed by atoms with Gasteiger partial charge in [-0.3, -0.25) is 4.79 Å². The van der Waals surface area contributed by atoms with Crippen molar-refractivity contribution in [2.24, 2.45) is 5.92 Å². The van der Waals surface area contributed by atoms with Crippen LogP contribution in [0.5, 0.6) is 0 Å². The number of rotatable bonds is 1. The summed E-state index contributed by atoms with van der Waals surface area (Å²) in [6.45, 7) is 1.68. The Labute approximate surface area is 57.8 Å². The Bertz CT molecular complexity index is 175. The maximum atomic E-state index is 10.5. The predicted octanol–water partition coefficient (Wildman–Crippen LogP) is 0.0226. The number of carboxylic acid groups (broad SMARTS) is 1. The average molecular weight is 144 g/mol.